The first-order chi connectivity index (χ1) is 13.4. The number of piperidine rings is 1. The van der Waals surface area contributed by atoms with Gasteiger partial charge in [-0.25, -0.2) is 9.59 Å². The molecule has 2 heterocycles. The number of carbonyl (C=O) groups excluding carboxylic acids is 3. The molecule has 28 heavy (non-hydrogen) atoms. The second-order valence-corrected chi connectivity index (χ2v) is 7.01. The van der Waals surface area contributed by atoms with Crippen molar-refractivity contribution in [1.82, 2.24) is 10.2 Å². The first-order valence-electron chi connectivity index (χ1n) is 9.15. The van der Waals surface area contributed by atoms with Crippen LogP contribution in [-0.2, 0) is 9.53 Å². The summed E-state index contributed by atoms with van der Waals surface area (Å²) in [6, 6.07) is 3.64. The summed E-state index contributed by atoms with van der Waals surface area (Å²) in [5.74, 6) is -1.06. The number of esters is 1. The van der Waals surface area contributed by atoms with Crippen LogP contribution in [0.5, 0.6) is 0 Å². The largest absolute Gasteiger partial charge is 0.452 e. The van der Waals surface area contributed by atoms with Gasteiger partial charge in [0.2, 0.25) is 0 Å². The number of benzene rings is 1. The summed E-state index contributed by atoms with van der Waals surface area (Å²) in [6.45, 7) is 3.50. The molecule has 1 aromatic carbocycles. The topological polar surface area (TPSA) is 122 Å². The lowest BCUT2D eigenvalue weighted by Gasteiger charge is -2.32. The zero-order chi connectivity index (χ0) is 20.3. The fourth-order valence-electron chi connectivity index (χ4n) is 3.47. The first kappa shape index (κ1) is 19.6. The molecule has 0 unspecified atom stereocenters. The van der Waals surface area contributed by atoms with E-state index < -0.39 is 29.4 Å². The van der Waals surface area contributed by atoms with Crippen molar-refractivity contribution >= 4 is 29.3 Å². The van der Waals surface area contributed by atoms with Crippen LogP contribution in [0.15, 0.2) is 18.2 Å². The van der Waals surface area contributed by atoms with Gasteiger partial charge in [0.1, 0.15) is 5.69 Å². The zero-order valence-electron chi connectivity index (χ0n) is 15.6. The Morgan fingerprint density at radius 2 is 2.14 bits per heavy atom. The summed E-state index contributed by atoms with van der Waals surface area (Å²) in [4.78, 5) is 49.5. The van der Waals surface area contributed by atoms with Gasteiger partial charge >= 0.3 is 12.0 Å². The lowest BCUT2D eigenvalue weighted by molar-refractivity contribution is -0.384. The molecule has 2 fully saturated rings. The van der Waals surface area contributed by atoms with E-state index in [-0.39, 0.29) is 17.8 Å². The molecule has 0 aliphatic carbocycles. The molecule has 3 amide bonds. The minimum atomic E-state index is -0.852. The first-order valence-corrected chi connectivity index (χ1v) is 9.15. The molecule has 1 N–H and O–H groups in total. The van der Waals surface area contributed by atoms with Crippen LogP contribution >= 0.6 is 0 Å². The molecule has 0 saturated carbocycles. The van der Waals surface area contributed by atoms with E-state index >= 15 is 0 Å². The number of hydrogen-bond donors (Lipinski definition) is 1. The van der Waals surface area contributed by atoms with Gasteiger partial charge in [-0.1, -0.05) is 6.92 Å². The van der Waals surface area contributed by atoms with Crippen molar-refractivity contribution in [2.75, 3.05) is 37.7 Å². The number of ether oxygens (including phenoxy) is 1. The van der Waals surface area contributed by atoms with Crippen molar-refractivity contribution in [2.24, 2.45) is 5.92 Å². The van der Waals surface area contributed by atoms with E-state index in [4.69, 9.17) is 4.74 Å². The maximum atomic E-state index is 12.2. The van der Waals surface area contributed by atoms with Crippen LogP contribution in [0, 0.1) is 16.0 Å². The molecule has 2 aliphatic rings. The van der Waals surface area contributed by atoms with Gasteiger partial charge in [-0.05, 0) is 30.9 Å². The molecular weight excluding hydrogens is 368 g/mol. The second-order valence-electron chi connectivity index (χ2n) is 7.01. The highest BCUT2D eigenvalue weighted by Crippen LogP contribution is 2.32. The third-order valence-electron chi connectivity index (χ3n) is 4.89. The van der Waals surface area contributed by atoms with Gasteiger partial charge in [0.25, 0.3) is 11.6 Å². The number of hydrogen-bond acceptors (Lipinski definition) is 7. The number of imide groups is 1. The molecule has 0 aromatic heterocycles. The van der Waals surface area contributed by atoms with Crippen molar-refractivity contribution < 1.29 is 24.0 Å². The minimum Gasteiger partial charge on any atom is -0.452 e. The molecule has 3 rings (SSSR count). The van der Waals surface area contributed by atoms with Crippen LogP contribution in [0.25, 0.3) is 0 Å². The molecule has 1 aromatic rings. The van der Waals surface area contributed by atoms with Crippen molar-refractivity contribution in [3.05, 3.63) is 33.9 Å². The number of nitrogens with one attached hydrogen (secondary N) is 1. The molecule has 1 atom stereocenters. The van der Waals surface area contributed by atoms with Gasteiger partial charge in [-0.3, -0.25) is 19.8 Å². The SMILES string of the molecule is C[C@@H]1CCCN(c2ccc(C(=O)OCC(=O)N3CCNC3=O)cc2[N+](=O)[O-])C1. The average molecular weight is 390 g/mol. The summed E-state index contributed by atoms with van der Waals surface area (Å²) in [5, 5.41) is 14.0. The normalized spacial score (nSPS) is 19.3. The highest BCUT2D eigenvalue weighted by molar-refractivity contribution is 5.98. The van der Waals surface area contributed by atoms with Crippen LogP contribution in [0.4, 0.5) is 16.2 Å². The van der Waals surface area contributed by atoms with E-state index in [1.807, 2.05) is 4.90 Å². The number of anilines is 1. The van der Waals surface area contributed by atoms with Crippen LogP contribution in [-0.4, -0.2) is 60.5 Å². The molecule has 2 saturated heterocycles. The standard InChI is InChI=1S/C18H22N4O6/c1-12-3-2-7-20(10-12)14-5-4-13(9-15(14)22(26)27)17(24)28-11-16(23)21-8-6-19-18(21)25/h4-5,9,12H,2-3,6-8,10-11H2,1H3,(H,19,25)/t12-/m1/s1. The smallest absolute Gasteiger partial charge is 0.338 e. The maximum absolute atomic E-state index is 12.2. The number of rotatable bonds is 5. The number of urea groups is 1. The molecule has 10 nitrogen and oxygen atoms in total. The van der Waals surface area contributed by atoms with Crippen LogP contribution in [0.1, 0.15) is 30.1 Å². The second kappa shape index (κ2) is 8.24. The van der Waals surface area contributed by atoms with Crippen molar-refractivity contribution in [3.63, 3.8) is 0 Å². The van der Waals surface area contributed by atoms with Gasteiger partial charge < -0.3 is 15.0 Å². The third-order valence-corrected chi connectivity index (χ3v) is 4.89. The third kappa shape index (κ3) is 4.21. The molecule has 2 aliphatic heterocycles. The Bertz CT molecular complexity index is 811. The summed E-state index contributed by atoms with van der Waals surface area (Å²) in [7, 11) is 0. The van der Waals surface area contributed by atoms with Gasteiger partial charge in [0.15, 0.2) is 6.61 Å². The molecule has 0 bridgehead atoms. The Balaban J connectivity index is 1.70. The fraction of sp³-hybridized carbons (Fsp3) is 0.500. The van der Waals surface area contributed by atoms with Crippen LogP contribution in [0.2, 0.25) is 0 Å². The number of nitro benzene ring substituents is 1. The number of nitro groups is 1. The number of amides is 3. The Labute approximate surface area is 161 Å². The van der Waals surface area contributed by atoms with Gasteiger partial charge in [0.05, 0.1) is 10.5 Å². The van der Waals surface area contributed by atoms with Crippen molar-refractivity contribution in [1.29, 1.82) is 0 Å². The quantitative estimate of drug-likeness (QED) is 0.460. The van der Waals surface area contributed by atoms with Crippen LogP contribution < -0.4 is 10.2 Å². The van der Waals surface area contributed by atoms with E-state index in [9.17, 15) is 24.5 Å². The van der Waals surface area contributed by atoms with E-state index in [0.29, 0.717) is 18.2 Å². The van der Waals surface area contributed by atoms with Crippen LogP contribution in [0.3, 0.4) is 0 Å². The highest BCUT2D eigenvalue weighted by atomic mass is 16.6. The summed E-state index contributed by atoms with van der Waals surface area (Å²) >= 11 is 0. The highest BCUT2D eigenvalue weighted by Gasteiger charge is 2.28. The Hall–Kier alpha value is -3.17. The van der Waals surface area contributed by atoms with E-state index in [0.717, 1.165) is 30.8 Å². The summed E-state index contributed by atoms with van der Waals surface area (Å²) in [5.41, 5.74) is 0.283. The summed E-state index contributed by atoms with van der Waals surface area (Å²) in [6.07, 6.45) is 2.03. The predicted molar refractivity (Wildman–Crippen MR) is 99.1 cm³/mol. The summed E-state index contributed by atoms with van der Waals surface area (Å²) < 4.78 is 4.94. The Morgan fingerprint density at radius 3 is 2.79 bits per heavy atom. The molecule has 10 heteroatoms. The zero-order valence-corrected chi connectivity index (χ0v) is 15.6. The fourth-order valence-corrected chi connectivity index (χ4v) is 3.47. The average Bonchev–Trinajstić information content (AvgIpc) is 3.11. The lowest BCUT2D eigenvalue weighted by atomic mass is 9.99. The Morgan fingerprint density at radius 1 is 1.36 bits per heavy atom. The van der Waals surface area contributed by atoms with E-state index in [2.05, 4.69) is 12.2 Å². The van der Waals surface area contributed by atoms with E-state index in [1.54, 1.807) is 6.07 Å². The van der Waals surface area contributed by atoms with Gasteiger partial charge in [-0.2, -0.15) is 0 Å². The van der Waals surface area contributed by atoms with Crippen molar-refractivity contribution in [3.8, 4) is 0 Å². The lowest BCUT2D eigenvalue weighted by Crippen LogP contribution is -2.37. The molecular formula is C18H22N4O6. The molecule has 0 radical (unpaired) electrons. The van der Waals surface area contributed by atoms with Crippen molar-refractivity contribution in [2.45, 2.75) is 19.8 Å². The predicted octanol–water partition coefficient (Wildman–Crippen LogP) is 1.54. The minimum absolute atomic E-state index is 0.0146. The Kier molecular flexibility index (Phi) is 5.76. The van der Waals surface area contributed by atoms with Gasteiger partial charge in [-0.15, -0.1) is 0 Å². The maximum Gasteiger partial charge on any atom is 0.338 e. The number of nitrogens with zero attached hydrogens (tertiary/aromatic N) is 3. The molecule has 150 valence electrons. The number of carbonyl (C=O) groups is 3. The molecule has 0 spiro atoms. The van der Waals surface area contributed by atoms with E-state index in [1.165, 1.54) is 12.1 Å². The van der Waals surface area contributed by atoms with Gasteiger partial charge in [0, 0.05) is 32.2 Å². The monoisotopic (exact) mass is 390 g/mol.